The Morgan fingerprint density at radius 3 is 2.23 bits per heavy atom. The maximum Gasteiger partial charge on any atom is 0.280 e. The van der Waals surface area contributed by atoms with Crippen LogP contribution < -0.4 is 10.2 Å². The molecule has 1 aliphatic heterocycles. The number of nitrogens with zero attached hydrogens (tertiary/aromatic N) is 3. The van der Waals surface area contributed by atoms with E-state index in [0.717, 1.165) is 0 Å². The normalized spacial score (nSPS) is 12.5. The fraction of sp³-hybridized carbons (Fsp3) is 0. The molecule has 0 spiro atoms. The lowest BCUT2D eigenvalue weighted by molar-refractivity contribution is -0.384. The molecule has 2 aromatic carbocycles. The number of amides is 3. The molecule has 3 amide bonds. The third-order valence-electron chi connectivity index (χ3n) is 4.30. The first kappa shape index (κ1) is 18.7. The number of imide groups is 1. The highest BCUT2D eigenvalue weighted by Gasteiger charge is 2.37. The van der Waals surface area contributed by atoms with Gasteiger partial charge in [-0.15, -0.1) is 0 Å². The zero-order chi connectivity index (χ0) is 21.3. The number of fused-ring (bicyclic) bond motifs is 1. The lowest BCUT2D eigenvalue weighted by Gasteiger charge is -2.14. The van der Waals surface area contributed by atoms with Gasteiger partial charge >= 0.3 is 0 Å². The molecule has 0 saturated carbocycles. The second-order valence-corrected chi connectivity index (χ2v) is 6.18. The molecule has 1 aliphatic rings. The summed E-state index contributed by atoms with van der Waals surface area (Å²) >= 11 is 0. The Hall–Kier alpha value is -4.60. The number of hydrogen-bond acceptors (Lipinski definition) is 7. The molecule has 4 rings (SSSR count). The number of hydrazine groups is 1. The van der Waals surface area contributed by atoms with Gasteiger partial charge in [0, 0.05) is 30.1 Å². The van der Waals surface area contributed by atoms with Crippen molar-refractivity contribution in [2.45, 2.75) is 0 Å². The standard InChI is InChI=1S/C20H12N4O6/c25-18(12-7-9-21-10-8-12)22-23-19(26)16-6-5-15(11-17(16)20(23)27)30-14-3-1-13(2-4-14)24(28)29/h1-11H,(H,22,25). The second-order valence-electron chi connectivity index (χ2n) is 6.18. The van der Waals surface area contributed by atoms with Crippen LogP contribution in [0.2, 0.25) is 0 Å². The van der Waals surface area contributed by atoms with Gasteiger partial charge in [-0.05, 0) is 42.5 Å². The first-order valence-electron chi connectivity index (χ1n) is 8.60. The topological polar surface area (TPSA) is 132 Å². The van der Waals surface area contributed by atoms with E-state index in [9.17, 15) is 24.5 Å². The van der Waals surface area contributed by atoms with Crippen LogP contribution in [0.1, 0.15) is 31.1 Å². The first-order chi connectivity index (χ1) is 14.4. The van der Waals surface area contributed by atoms with E-state index in [-0.39, 0.29) is 28.1 Å². The van der Waals surface area contributed by atoms with Crippen LogP contribution in [0.4, 0.5) is 5.69 Å². The first-order valence-corrected chi connectivity index (χ1v) is 8.60. The predicted molar refractivity (Wildman–Crippen MR) is 102 cm³/mol. The van der Waals surface area contributed by atoms with Crippen molar-refractivity contribution in [1.82, 2.24) is 15.4 Å². The zero-order valence-corrected chi connectivity index (χ0v) is 15.1. The van der Waals surface area contributed by atoms with Crippen LogP contribution in [-0.2, 0) is 0 Å². The molecule has 0 aliphatic carbocycles. The maximum absolute atomic E-state index is 12.6. The molecule has 0 bridgehead atoms. The van der Waals surface area contributed by atoms with E-state index in [1.165, 1.54) is 67.0 Å². The Morgan fingerprint density at radius 1 is 0.933 bits per heavy atom. The highest BCUT2D eigenvalue weighted by molar-refractivity contribution is 6.22. The van der Waals surface area contributed by atoms with Gasteiger partial charge in [0.2, 0.25) is 0 Å². The molecule has 0 saturated heterocycles. The summed E-state index contributed by atoms with van der Waals surface area (Å²) in [5.41, 5.74) is 2.63. The van der Waals surface area contributed by atoms with E-state index in [1.807, 2.05) is 0 Å². The van der Waals surface area contributed by atoms with Crippen LogP contribution in [-0.4, -0.2) is 32.6 Å². The van der Waals surface area contributed by atoms with E-state index in [2.05, 4.69) is 10.4 Å². The van der Waals surface area contributed by atoms with E-state index < -0.39 is 22.6 Å². The lowest BCUT2D eigenvalue weighted by atomic mass is 10.1. The van der Waals surface area contributed by atoms with Crippen molar-refractivity contribution >= 4 is 23.4 Å². The number of aromatic nitrogens is 1. The minimum Gasteiger partial charge on any atom is -0.457 e. The van der Waals surface area contributed by atoms with E-state index in [4.69, 9.17) is 4.74 Å². The van der Waals surface area contributed by atoms with Crippen molar-refractivity contribution < 1.29 is 24.0 Å². The van der Waals surface area contributed by atoms with Gasteiger partial charge in [-0.2, -0.15) is 5.01 Å². The average molecular weight is 404 g/mol. The van der Waals surface area contributed by atoms with E-state index in [1.54, 1.807) is 0 Å². The van der Waals surface area contributed by atoms with Crippen molar-refractivity contribution in [2.24, 2.45) is 0 Å². The number of nitro benzene ring substituents is 1. The Kier molecular flexibility index (Phi) is 4.64. The maximum atomic E-state index is 12.6. The lowest BCUT2D eigenvalue weighted by Crippen LogP contribution is -2.45. The minimum absolute atomic E-state index is 0.0643. The van der Waals surface area contributed by atoms with Gasteiger partial charge in [-0.1, -0.05) is 0 Å². The van der Waals surface area contributed by atoms with Crippen molar-refractivity contribution in [2.75, 3.05) is 0 Å². The Morgan fingerprint density at radius 2 is 1.57 bits per heavy atom. The average Bonchev–Trinajstić information content (AvgIpc) is 2.99. The molecule has 1 N–H and O–H groups in total. The summed E-state index contributed by atoms with van der Waals surface area (Å²) in [4.78, 5) is 51.4. The third-order valence-corrected chi connectivity index (χ3v) is 4.30. The van der Waals surface area contributed by atoms with Gasteiger partial charge in [0.05, 0.1) is 16.1 Å². The van der Waals surface area contributed by atoms with Gasteiger partial charge in [0.25, 0.3) is 23.4 Å². The van der Waals surface area contributed by atoms with Crippen LogP contribution in [0.3, 0.4) is 0 Å². The van der Waals surface area contributed by atoms with Gasteiger partial charge in [0.1, 0.15) is 11.5 Å². The number of carbonyl (C=O) groups is 3. The Bertz CT molecular complexity index is 1180. The molecule has 10 heteroatoms. The third kappa shape index (κ3) is 3.44. The van der Waals surface area contributed by atoms with Gasteiger partial charge in [0.15, 0.2) is 0 Å². The molecule has 0 fully saturated rings. The number of benzene rings is 2. The minimum atomic E-state index is -0.702. The molecule has 0 atom stereocenters. The van der Waals surface area contributed by atoms with Gasteiger partial charge in [-0.3, -0.25) is 34.9 Å². The van der Waals surface area contributed by atoms with Crippen molar-refractivity contribution in [3.8, 4) is 11.5 Å². The number of non-ortho nitro benzene ring substituents is 1. The monoisotopic (exact) mass is 404 g/mol. The van der Waals surface area contributed by atoms with Crippen LogP contribution >= 0.6 is 0 Å². The quantitative estimate of drug-likeness (QED) is 0.393. The highest BCUT2D eigenvalue weighted by atomic mass is 16.6. The summed E-state index contributed by atoms with van der Waals surface area (Å²) in [7, 11) is 0. The Balaban J connectivity index is 1.53. The zero-order valence-electron chi connectivity index (χ0n) is 15.1. The molecule has 148 valence electrons. The van der Waals surface area contributed by atoms with Crippen molar-refractivity contribution in [3.05, 3.63) is 93.8 Å². The van der Waals surface area contributed by atoms with Crippen LogP contribution in [0.15, 0.2) is 67.0 Å². The number of pyridine rings is 1. The highest BCUT2D eigenvalue weighted by Crippen LogP contribution is 2.29. The molecule has 3 aromatic rings. The molecular formula is C20H12N4O6. The summed E-state index contributed by atoms with van der Waals surface area (Å²) in [5, 5.41) is 11.4. The smallest absolute Gasteiger partial charge is 0.280 e. The summed E-state index contributed by atoms with van der Waals surface area (Å²) in [6.45, 7) is 0. The van der Waals surface area contributed by atoms with Crippen molar-refractivity contribution in [1.29, 1.82) is 0 Å². The number of nitro groups is 1. The SMILES string of the molecule is O=C(NN1C(=O)c2ccc(Oc3ccc([N+](=O)[O-])cc3)cc2C1=O)c1ccncc1. The van der Waals surface area contributed by atoms with Crippen LogP contribution in [0.5, 0.6) is 11.5 Å². The molecule has 1 aromatic heterocycles. The summed E-state index contributed by atoms with van der Waals surface area (Å²) in [6.07, 6.45) is 2.83. The van der Waals surface area contributed by atoms with Gasteiger partial charge < -0.3 is 4.74 Å². The Labute approximate surface area is 168 Å². The summed E-state index contributed by atoms with van der Waals surface area (Å²) < 4.78 is 5.61. The molecule has 10 nitrogen and oxygen atoms in total. The fourth-order valence-electron chi connectivity index (χ4n) is 2.83. The second kappa shape index (κ2) is 7.43. The molecule has 30 heavy (non-hydrogen) atoms. The molecule has 2 heterocycles. The number of ether oxygens (including phenoxy) is 1. The van der Waals surface area contributed by atoms with Crippen LogP contribution in [0, 0.1) is 10.1 Å². The van der Waals surface area contributed by atoms with E-state index >= 15 is 0 Å². The summed E-state index contributed by atoms with van der Waals surface area (Å²) in [5.74, 6) is -1.42. The van der Waals surface area contributed by atoms with Crippen molar-refractivity contribution in [3.63, 3.8) is 0 Å². The van der Waals surface area contributed by atoms with Gasteiger partial charge in [-0.25, -0.2) is 0 Å². The molecule has 0 radical (unpaired) electrons. The fourth-order valence-corrected chi connectivity index (χ4v) is 2.83. The van der Waals surface area contributed by atoms with E-state index in [0.29, 0.717) is 10.8 Å². The molecule has 0 unspecified atom stereocenters. The number of carbonyl (C=O) groups excluding carboxylic acids is 3. The largest absolute Gasteiger partial charge is 0.457 e. The number of rotatable bonds is 5. The van der Waals surface area contributed by atoms with Crippen LogP contribution in [0.25, 0.3) is 0 Å². The molecular weight excluding hydrogens is 392 g/mol. The number of nitrogens with one attached hydrogen (secondary N) is 1. The number of hydrogen-bond donors (Lipinski definition) is 1. The summed E-state index contributed by atoms with van der Waals surface area (Å²) in [6, 6.07) is 12.6. The predicted octanol–water partition coefficient (Wildman–Crippen LogP) is 2.72.